The highest BCUT2D eigenvalue weighted by Crippen LogP contribution is 2.29. The zero-order valence-corrected chi connectivity index (χ0v) is 10.1. The fourth-order valence-electron chi connectivity index (χ4n) is 1.54. The molecule has 0 bridgehead atoms. The van der Waals surface area contributed by atoms with Crippen LogP contribution in [-0.4, -0.2) is 26.2 Å². The van der Waals surface area contributed by atoms with Crippen molar-refractivity contribution < 1.29 is 23.0 Å². The number of nitrogens with one attached hydrogen (secondary N) is 1. The van der Waals surface area contributed by atoms with Gasteiger partial charge in [0.15, 0.2) is 16.3 Å². The van der Waals surface area contributed by atoms with Gasteiger partial charge in [-0.1, -0.05) is 12.1 Å². The number of alkyl halides is 3. The lowest BCUT2D eigenvalue weighted by Crippen LogP contribution is -2.18. The number of rotatable bonds is 3. The molecule has 0 unspecified atom stereocenters. The Labute approximate surface area is 110 Å². The predicted octanol–water partition coefficient (Wildman–Crippen LogP) is 2.32. The summed E-state index contributed by atoms with van der Waals surface area (Å²) >= 11 is 4.92. The highest BCUT2D eigenvalue weighted by Gasteiger charge is 2.32. The van der Waals surface area contributed by atoms with Crippen LogP contribution in [0, 0.1) is 4.77 Å². The number of para-hydroxylation sites is 2. The minimum Gasteiger partial charge on any atom is -0.404 e. The third-order valence-electron chi connectivity index (χ3n) is 2.22. The van der Waals surface area contributed by atoms with Crippen LogP contribution in [0.25, 0.3) is 5.69 Å². The zero-order valence-electron chi connectivity index (χ0n) is 9.31. The second-order valence-corrected chi connectivity index (χ2v) is 3.84. The van der Waals surface area contributed by atoms with E-state index in [1.807, 2.05) is 0 Å². The number of hydrogen-bond acceptors (Lipinski definition) is 4. The molecular weight excluding hydrogens is 283 g/mol. The molecule has 0 aliphatic rings. The maximum absolute atomic E-state index is 12.3. The summed E-state index contributed by atoms with van der Waals surface area (Å²) in [6, 6.07) is 5.45. The summed E-state index contributed by atoms with van der Waals surface area (Å²) in [5.74, 6) is -0.342. The SMILES string of the molecule is OCc1n[nH]c(=S)n1-c1ccccc1OC(F)(F)F. The first-order chi connectivity index (χ1) is 8.92. The van der Waals surface area contributed by atoms with Crippen molar-refractivity contribution in [1.29, 1.82) is 0 Å². The number of benzene rings is 1. The van der Waals surface area contributed by atoms with E-state index in [0.717, 1.165) is 6.07 Å². The Morgan fingerprint density at radius 1 is 1.37 bits per heavy atom. The van der Waals surface area contributed by atoms with E-state index in [1.165, 1.54) is 22.8 Å². The maximum Gasteiger partial charge on any atom is 0.573 e. The Kier molecular flexibility index (Phi) is 3.58. The predicted molar refractivity (Wildman–Crippen MR) is 61.4 cm³/mol. The zero-order chi connectivity index (χ0) is 14.0. The van der Waals surface area contributed by atoms with Crippen molar-refractivity contribution in [2.24, 2.45) is 0 Å². The number of halogens is 3. The molecule has 0 saturated carbocycles. The lowest BCUT2D eigenvalue weighted by Gasteiger charge is -2.14. The molecule has 0 saturated heterocycles. The highest BCUT2D eigenvalue weighted by molar-refractivity contribution is 7.71. The van der Waals surface area contributed by atoms with E-state index >= 15 is 0 Å². The van der Waals surface area contributed by atoms with E-state index in [2.05, 4.69) is 14.9 Å². The molecule has 1 aromatic carbocycles. The van der Waals surface area contributed by atoms with Gasteiger partial charge >= 0.3 is 6.36 Å². The lowest BCUT2D eigenvalue weighted by molar-refractivity contribution is -0.274. The van der Waals surface area contributed by atoms with E-state index in [9.17, 15) is 13.2 Å². The molecule has 19 heavy (non-hydrogen) atoms. The van der Waals surface area contributed by atoms with Crippen LogP contribution in [0.1, 0.15) is 5.82 Å². The van der Waals surface area contributed by atoms with Crippen molar-refractivity contribution in [3.8, 4) is 11.4 Å². The second kappa shape index (κ2) is 5.02. The van der Waals surface area contributed by atoms with Crippen molar-refractivity contribution in [2.75, 3.05) is 0 Å². The quantitative estimate of drug-likeness (QED) is 0.852. The number of H-pyrrole nitrogens is 1. The first kappa shape index (κ1) is 13.6. The van der Waals surface area contributed by atoms with Gasteiger partial charge in [0.2, 0.25) is 0 Å². The van der Waals surface area contributed by atoms with Gasteiger partial charge in [0, 0.05) is 0 Å². The van der Waals surface area contributed by atoms with Crippen LogP contribution in [0.2, 0.25) is 0 Å². The van der Waals surface area contributed by atoms with Gasteiger partial charge in [0.1, 0.15) is 6.61 Å². The third-order valence-corrected chi connectivity index (χ3v) is 2.49. The Morgan fingerprint density at radius 2 is 2.05 bits per heavy atom. The van der Waals surface area contributed by atoms with Crippen LogP contribution < -0.4 is 4.74 Å². The molecule has 0 atom stereocenters. The first-order valence-electron chi connectivity index (χ1n) is 5.04. The average molecular weight is 291 g/mol. The number of aromatic nitrogens is 3. The number of aliphatic hydroxyl groups is 1. The number of hydrogen-bond donors (Lipinski definition) is 2. The van der Waals surface area contributed by atoms with Gasteiger partial charge in [-0.25, -0.2) is 0 Å². The summed E-state index contributed by atoms with van der Waals surface area (Å²) in [6.07, 6.45) is -4.82. The summed E-state index contributed by atoms with van der Waals surface area (Å²) < 4.78 is 42.1. The lowest BCUT2D eigenvalue weighted by atomic mass is 10.3. The summed E-state index contributed by atoms with van der Waals surface area (Å²) in [5.41, 5.74) is 0.0441. The molecule has 0 aliphatic heterocycles. The molecule has 2 N–H and O–H groups in total. The molecule has 5 nitrogen and oxygen atoms in total. The van der Waals surface area contributed by atoms with Crippen molar-refractivity contribution >= 4 is 12.2 Å². The Morgan fingerprint density at radius 3 is 2.68 bits per heavy atom. The van der Waals surface area contributed by atoms with Crippen LogP contribution in [-0.2, 0) is 6.61 Å². The second-order valence-electron chi connectivity index (χ2n) is 3.45. The van der Waals surface area contributed by atoms with E-state index < -0.39 is 18.7 Å². The number of ether oxygens (including phenoxy) is 1. The molecule has 2 rings (SSSR count). The summed E-state index contributed by atoms with van der Waals surface area (Å²) in [4.78, 5) is 0. The van der Waals surface area contributed by atoms with Gasteiger partial charge in [-0.15, -0.1) is 13.2 Å². The van der Waals surface area contributed by atoms with Crippen LogP contribution in [0.15, 0.2) is 24.3 Å². The van der Waals surface area contributed by atoms with E-state index in [-0.39, 0.29) is 16.3 Å². The van der Waals surface area contributed by atoms with Gasteiger partial charge in [-0.05, 0) is 24.4 Å². The fraction of sp³-hybridized carbons (Fsp3) is 0.200. The van der Waals surface area contributed by atoms with Gasteiger partial charge in [0.25, 0.3) is 0 Å². The van der Waals surface area contributed by atoms with Gasteiger partial charge < -0.3 is 9.84 Å². The highest BCUT2D eigenvalue weighted by atomic mass is 32.1. The smallest absolute Gasteiger partial charge is 0.404 e. The fourth-order valence-corrected chi connectivity index (χ4v) is 1.79. The molecule has 0 aliphatic carbocycles. The van der Waals surface area contributed by atoms with Crippen molar-refractivity contribution in [3.63, 3.8) is 0 Å². The first-order valence-corrected chi connectivity index (χ1v) is 5.45. The van der Waals surface area contributed by atoms with Crippen LogP contribution >= 0.6 is 12.2 Å². The maximum atomic E-state index is 12.3. The van der Waals surface area contributed by atoms with E-state index in [1.54, 1.807) is 0 Å². The average Bonchev–Trinajstić information content (AvgIpc) is 2.69. The number of nitrogens with zero attached hydrogens (tertiary/aromatic N) is 2. The summed E-state index contributed by atoms with van der Waals surface area (Å²) in [6.45, 7) is -0.479. The molecule has 1 aromatic heterocycles. The molecule has 102 valence electrons. The molecule has 0 radical (unpaired) electrons. The molecule has 0 amide bonds. The standard InChI is InChI=1S/C10H8F3N3O2S/c11-10(12,13)18-7-4-2-1-3-6(7)16-8(5-17)14-15-9(16)19/h1-4,17H,5H2,(H,15,19). The van der Waals surface area contributed by atoms with E-state index in [4.69, 9.17) is 17.3 Å². The summed E-state index contributed by atoms with van der Waals surface area (Å²) in [5, 5.41) is 15.2. The van der Waals surface area contributed by atoms with Crippen molar-refractivity contribution in [3.05, 3.63) is 34.9 Å². The monoisotopic (exact) mass is 291 g/mol. The molecule has 9 heteroatoms. The molecule has 0 fully saturated rings. The van der Waals surface area contributed by atoms with E-state index in [0.29, 0.717) is 0 Å². The van der Waals surface area contributed by atoms with Crippen LogP contribution in [0.4, 0.5) is 13.2 Å². The Balaban J connectivity index is 2.56. The van der Waals surface area contributed by atoms with Crippen LogP contribution in [0.5, 0.6) is 5.75 Å². The van der Waals surface area contributed by atoms with Gasteiger partial charge in [-0.2, -0.15) is 5.10 Å². The minimum atomic E-state index is -4.82. The molecule has 0 spiro atoms. The molecular formula is C10H8F3N3O2S. The number of aromatic amines is 1. The normalized spacial score (nSPS) is 11.6. The molecule has 1 heterocycles. The van der Waals surface area contributed by atoms with Gasteiger partial charge in [0.05, 0.1) is 5.69 Å². The number of aliphatic hydroxyl groups excluding tert-OH is 1. The summed E-state index contributed by atoms with van der Waals surface area (Å²) in [7, 11) is 0. The Bertz CT molecular complexity index is 635. The van der Waals surface area contributed by atoms with Crippen molar-refractivity contribution in [2.45, 2.75) is 13.0 Å². The topological polar surface area (TPSA) is 63.1 Å². The molecule has 2 aromatic rings. The minimum absolute atomic E-state index is 0.0441. The Hall–Kier alpha value is -1.87. The third kappa shape index (κ3) is 2.93. The van der Waals surface area contributed by atoms with Crippen molar-refractivity contribution in [1.82, 2.24) is 14.8 Å². The van der Waals surface area contributed by atoms with Gasteiger partial charge in [-0.3, -0.25) is 9.67 Å². The largest absolute Gasteiger partial charge is 0.573 e. The van der Waals surface area contributed by atoms with Crippen LogP contribution in [0.3, 0.4) is 0 Å².